The average Bonchev–Trinajstić information content (AvgIpc) is 2.51. The molecule has 2 N–H and O–H groups in total. The van der Waals surface area contributed by atoms with Crippen molar-refractivity contribution in [3.05, 3.63) is 48.3 Å². The number of amides is 1. The van der Waals surface area contributed by atoms with Crippen LogP contribution in [-0.4, -0.2) is 25.1 Å². The quantitative estimate of drug-likeness (QED) is 0.785. The van der Waals surface area contributed by atoms with Crippen molar-refractivity contribution < 1.29 is 31.1 Å². The lowest BCUT2D eigenvalue weighted by atomic mass is 10.1. The molecule has 1 aromatic carbocycles. The van der Waals surface area contributed by atoms with E-state index < -0.39 is 33.8 Å². The van der Waals surface area contributed by atoms with Gasteiger partial charge < -0.3 is 4.74 Å². The normalized spacial score (nSPS) is 12.4. The van der Waals surface area contributed by atoms with Gasteiger partial charge in [-0.25, -0.2) is 9.52 Å². The van der Waals surface area contributed by atoms with Gasteiger partial charge >= 0.3 is 22.5 Å². The highest BCUT2D eigenvalue weighted by Gasteiger charge is 2.32. The number of aromatic nitrogens is 1. The molecule has 0 spiro atoms. The highest BCUT2D eigenvalue weighted by Crippen LogP contribution is 2.29. The predicted octanol–water partition coefficient (Wildman–Crippen LogP) is 3.95. The van der Waals surface area contributed by atoms with Crippen molar-refractivity contribution in [2.45, 2.75) is 32.5 Å². The molecule has 1 amide bonds. The molecule has 0 aliphatic carbocycles. The molecule has 1 heterocycles. The van der Waals surface area contributed by atoms with E-state index in [1.54, 1.807) is 31.6 Å². The molecule has 0 saturated carbocycles. The number of alkyl halides is 3. The fraction of sp³-hybridized carbons (Fsp3) is 0.294. The molecule has 2 aromatic rings. The van der Waals surface area contributed by atoms with E-state index in [4.69, 9.17) is 4.74 Å². The second kappa shape index (κ2) is 7.66. The van der Waals surface area contributed by atoms with Crippen LogP contribution in [0, 0.1) is 0 Å². The van der Waals surface area contributed by atoms with Crippen LogP contribution in [0.4, 0.5) is 23.7 Å². The molecule has 152 valence electrons. The Bertz CT molecular complexity index is 953. The zero-order valence-electron chi connectivity index (χ0n) is 15.2. The van der Waals surface area contributed by atoms with Gasteiger partial charge in [0.15, 0.2) is 0 Å². The lowest BCUT2D eigenvalue weighted by Gasteiger charge is -2.19. The number of benzene rings is 1. The minimum absolute atomic E-state index is 0.0912. The van der Waals surface area contributed by atoms with Crippen LogP contribution in [0.3, 0.4) is 0 Å². The molecule has 0 aliphatic heterocycles. The zero-order valence-corrected chi connectivity index (χ0v) is 16.0. The predicted molar refractivity (Wildman–Crippen MR) is 96.6 cm³/mol. The number of anilines is 1. The van der Waals surface area contributed by atoms with Gasteiger partial charge in [-0.3, -0.25) is 9.71 Å². The summed E-state index contributed by atoms with van der Waals surface area (Å²) in [4.78, 5) is 15.0. The van der Waals surface area contributed by atoms with E-state index in [-0.39, 0.29) is 5.69 Å². The number of hydrogen-bond acceptors (Lipinski definition) is 5. The van der Waals surface area contributed by atoms with Crippen LogP contribution < -0.4 is 9.44 Å². The van der Waals surface area contributed by atoms with Gasteiger partial charge in [0.1, 0.15) is 11.3 Å². The molecule has 0 saturated heterocycles. The highest BCUT2D eigenvalue weighted by atomic mass is 32.2. The Kier molecular flexibility index (Phi) is 5.88. The van der Waals surface area contributed by atoms with Gasteiger partial charge in [-0.05, 0) is 44.5 Å². The fourth-order valence-corrected chi connectivity index (χ4v) is 2.83. The Morgan fingerprint density at radius 3 is 2.29 bits per heavy atom. The van der Waals surface area contributed by atoms with Crippen LogP contribution in [0.25, 0.3) is 11.1 Å². The monoisotopic (exact) mass is 417 g/mol. The van der Waals surface area contributed by atoms with Gasteiger partial charge in [-0.1, -0.05) is 18.2 Å². The van der Waals surface area contributed by atoms with Crippen molar-refractivity contribution in [1.82, 2.24) is 9.71 Å². The van der Waals surface area contributed by atoms with Crippen LogP contribution in [0.15, 0.2) is 42.6 Å². The van der Waals surface area contributed by atoms with Crippen molar-refractivity contribution in [2.24, 2.45) is 0 Å². The SMILES string of the molecule is CC(C)(C)OC(=O)NS(=O)(=O)Nc1cccc(-c2ccc(C(F)(F)F)nc2)c1. The first-order chi connectivity index (χ1) is 12.8. The number of nitrogens with one attached hydrogen (secondary N) is 2. The van der Waals surface area contributed by atoms with Gasteiger partial charge in [0.2, 0.25) is 0 Å². The summed E-state index contributed by atoms with van der Waals surface area (Å²) >= 11 is 0. The number of pyridine rings is 1. The van der Waals surface area contributed by atoms with Gasteiger partial charge in [0, 0.05) is 11.8 Å². The maximum absolute atomic E-state index is 12.6. The van der Waals surface area contributed by atoms with Crippen LogP contribution in [0.2, 0.25) is 0 Å². The fourth-order valence-electron chi connectivity index (χ4n) is 2.08. The first-order valence-corrected chi connectivity index (χ1v) is 9.41. The van der Waals surface area contributed by atoms with E-state index in [2.05, 4.69) is 9.71 Å². The molecule has 1 aromatic heterocycles. The number of ether oxygens (including phenoxy) is 1. The van der Waals surface area contributed by atoms with Crippen molar-refractivity contribution >= 4 is 22.0 Å². The molecule has 0 atom stereocenters. The third-order valence-electron chi connectivity index (χ3n) is 3.12. The third-order valence-corrected chi connectivity index (χ3v) is 4.06. The zero-order chi connectivity index (χ0) is 21.2. The summed E-state index contributed by atoms with van der Waals surface area (Å²) in [6, 6.07) is 7.92. The minimum Gasteiger partial charge on any atom is -0.443 e. The lowest BCUT2D eigenvalue weighted by Crippen LogP contribution is -2.39. The lowest BCUT2D eigenvalue weighted by molar-refractivity contribution is -0.141. The molecule has 0 aliphatic rings. The molecule has 0 bridgehead atoms. The van der Waals surface area contributed by atoms with E-state index in [0.29, 0.717) is 11.1 Å². The van der Waals surface area contributed by atoms with Gasteiger partial charge in [0.25, 0.3) is 0 Å². The number of hydrogen-bond donors (Lipinski definition) is 2. The topological polar surface area (TPSA) is 97.4 Å². The Morgan fingerprint density at radius 1 is 1.07 bits per heavy atom. The Labute approximate surface area is 160 Å². The minimum atomic E-state index is -4.55. The van der Waals surface area contributed by atoms with E-state index in [9.17, 15) is 26.4 Å². The summed E-state index contributed by atoms with van der Waals surface area (Å²) in [6.45, 7) is 4.73. The van der Waals surface area contributed by atoms with Crippen molar-refractivity contribution in [2.75, 3.05) is 4.72 Å². The summed E-state index contributed by atoms with van der Waals surface area (Å²) in [7, 11) is -4.27. The Balaban J connectivity index is 2.16. The Hall–Kier alpha value is -2.82. The van der Waals surface area contributed by atoms with Gasteiger partial charge in [0.05, 0.1) is 5.69 Å². The van der Waals surface area contributed by atoms with Crippen molar-refractivity contribution in [3.8, 4) is 11.1 Å². The summed E-state index contributed by atoms with van der Waals surface area (Å²) in [5.74, 6) is 0. The molecule has 7 nitrogen and oxygen atoms in total. The highest BCUT2D eigenvalue weighted by molar-refractivity contribution is 7.91. The second-order valence-electron chi connectivity index (χ2n) is 6.72. The van der Waals surface area contributed by atoms with Crippen LogP contribution in [0.1, 0.15) is 26.5 Å². The number of halogens is 3. The van der Waals surface area contributed by atoms with Crippen LogP contribution >= 0.6 is 0 Å². The summed E-state index contributed by atoms with van der Waals surface area (Å²) in [5.41, 5.74) is -1.04. The Morgan fingerprint density at radius 2 is 1.75 bits per heavy atom. The van der Waals surface area contributed by atoms with E-state index >= 15 is 0 Å². The molecule has 2 rings (SSSR count). The van der Waals surface area contributed by atoms with Gasteiger partial charge in [-0.2, -0.15) is 21.6 Å². The number of carbonyl (C=O) groups is 1. The van der Waals surface area contributed by atoms with Crippen molar-refractivity contribution in [1.29, 1.82) is 0 Å². The molecule has 0 fully saturated rings. The second-order valence-corrected chi connectivity index (χ2v) is 8.14. The summed E-state index contributed by atoms with van der Waals surface area (Å²) in [6.07, 6.45) is -4.67. The van der Waals surface area contributed by atoms with E-state index in [0.717, 1.165) is 12.3 Å². The number of nitrogens with zero attached hydrogens (tertiary/aromatic N) is 1. The molecule has 11 heteroatoms. The largest absolute Gasteiger partial charge is 0.443 e. The van der Waals surface area contributed by atoms with E-state index in [1.807, 2.05) is 0 Å². The third kappa shape index (κ3) is 6.41. The molecule has 0 radical (unpaired) electrons. The van der Waals surface area contributed by atoms with Crippen LogP contribution in [0.5, 0.6) is 0 Å². The first kappa shape index (κ1) is 21.5. The molecular formula is C17H18F3N3O4S. The average molecular weight is 417 g/mol. The van der Waals surface area contributed by atoms with Gasteiger partial charge in [-0.15, -0.1) is 0 Å². The molecular weight excluding hydrogens is 399 g/mol. The molecule has 28 heavy (non-hydrogen) atoms. The number of rotatable bonds is 4. The summed E-state index contributed by atoms with van der Waals surface area (Å²) < 4.78 is 70.6. The maximum atomic E-state index is 12.6. The number of carbonyl (C=O) groups excluding carboxylic acids is 1. The smallest absolute Gasteiger partial charge is 0.433 e. The van der Waals surface area contributed by atoms with E-state index in [1.165, 1.54) is 24.3 Å². The van der Waals surface area contributed by atoms with Crippen molar-refractivity contribution in [3.63, 3.8) is 0 Å². The first-order valence-electron chi connectivity index (χ1n) is 7.92. The summed E-state index contributed by atoms with van der Waals surface area (Å²) in [5, 5.41) is 0. The standard InChI is InChI=1S/C17H18F3N3O4S/c1-16(2,3)27-15(24)23-28(25,26)22-13-6-4-5-11(9-13)12-7-8-14(21-10-12)17(18,19)20/h4-10,22H,1-3H3,(H,23,24). The maximum Gasteiger partial charge on any atom is 0.433 e. The molecule has 0 unspecified atom stereocenters. The van der Waals surface area contributed by atoms with Crippen LogP contribution in [-0.2, 0) is 21.1 Å².